The Balaban J connectivity index is 1.83. The van der Waals surface area contributed by atoms with Gasteiger partial charge in [-0.3, -0.25) is 4.90 Å². The number of nitrogens with one attached hydrogen (secondary N) is 1. The van der Waals surface area contributed by atoms with E-state index >= 15 is 0 Å². The van der Waals surface area contributed by atoms with E-state index in [0.717, 1.165) is 6.54 Å². The van der Waals surface area contributed by atoms with Crippen LogP contribution in [0.25, 0.3) is 0 Å². The molecule has 1 aromatic rings. The van der Waals surface area contributed by atoms with Crippen LogP contribution in [0.5, 0.6) is 0 Å². The molecule has 0 aromatic carbocycles. The molecule has 0 saturated carbocycles. The molecule has 1 fully saturated rings. The van der Waals surface area contributed by atoms with Gasteiger partial charge in [0.05, 0.1) is 11.2 Å². The number of hydrogen-bond acceptors (Lipinski definition) is 4. The van der Waals surface area contributed by atoms with Crippen molar-refractivity contribution in [3.63, 3.8) is 0 Å². The molecule has 0 aliphatic carbocycles. The fourth-order valence-electron chi connectivity index (χ4n) is 2.32. The lowest BCUT2D eigenvalue weighted by atomic mass is 10.2. The van der Waals surface area contributed by atoms with Crippen molar-refractivity contribution in [3.8, 4) is 0 Å². The molecule has 1 aliphatic rings. The van der Waals surface area contributed by atoms with Crippen LogP contribution in [0.15, 0.2) is 10.9 Å². The lowest BCUT2D eigenvalue weighted by Crippen LogP contribution is -2.37. The number of hydrogen-bond donors (Lipinski definition) is 1. The minimum atomic E-state index is 0.699. The van der Waals surface area contributed by atoms with E-state index in [1.807, 2.05) is 5.51 Å². The zero-order valence-electron chi connectivity index (χ0n) is 9.98. The predicted molar refractivity (Wildman–Crippen MR) is 68.7 cm³/mol. The lowest BCUT2D eigenvalue weighted by Gasteiger charge is -2.24. The van der Waals surface area contributed by atoms with Gasteiger partial charge in [-0.05, 0) is 32.4 Å². The highest BCUT2D eigenvalue weighted by atomic mass is 32.1. The molecule has 0 spiro atoms. The van der Waals surface area contributed by atoms with Gasteiger partial charge >= 0.3 is 0 Å². The largest absolute Gasteiger partial charge is 0.313 e. The van der Waals surface area contributed by atoms with Crippen LogP contribution in [-0.2, 0) is 6.54 Å². The van der Waals surface area contributed by atoms with Crippen LogP contribution in [0.2, 0.25) is 0 Å². The van der Waals surface area contributed by atoms with Gasteiger partial charge in [0.15, 0.2) is 0 Å². The van der Waals surface area contributed by atoms with E-state index in [4.69, 9.17) is 0 Å². The Labute approximate surface area is 102 Å². The summed E-state index contributed by atoms with van der Waals surface area (Å²) in [4.78, 5) is 6.90. The molecular formula is C12H21N3S. The van der Waals surface area contributed by atoms with E-state index in [9.17, 15) is 0 Å². The van der Waals surface area contributed by atoms with Crippen molar-refractivity contribution >= 4 is 11.3 Å². The first-order valence-corrected chi connectivity index (χ1v) is 7.15. The van der Waals surface area contributed by atoms with E-state index in [1.54, 1.807) is 11.3 Å². The first-order valence-electron chi connectivity index (χ1n) is 6.21. The van der Waals surface area contributed by atoms with Crippen LogP contribution >= 0.6 is 11.3 Å². The number of rotatable bonds is 6. The van der Waals surface area contributed by atoms with Crippen LogP contribution < -0.4 is 5.32 Å². The van der Waals surface area contributed by atoms with Gasteiger partial charge in [-0.1, -0.05) is 6.92 Å². The zero-order valence-corrected chi connectivity index (χ0v) is 10.8. The van der Waals surface area contributed by atoms with Crippen molar-refractivity contribution in [2.24, 2.45) is 0 Å². The van der Waals surface area contributed by atoms with Crippen molar-refractivity contribution in [3.05, 3.63) is 16.6 Å². The number of aromatic nitrogens is 1. The summed E-state index contributed by atoms with van der Waals surface area (Å²) in [6, 6.07) is 0.699. The average molecular weight is 239 g/mol. The summed E-state index contributed by atoms with van der Waals surface area (Å²) in [6.45, 7) is 6.80. The molecule has 0 radical (unpaired) electrons. The molecule has 1 unspecified atom stereocenters. The van der Waals surface area contributed by atoms with Crippen LogP contribution in [0.3, 0.4) is 0 Å². The molecule has 1 N–H and O–H groups in total. The smallest absolute Gasteiger partial charge is 0.0795 e. The molecule has 0 amide bonds. The van der Waals surface area contributed by atoms with Gasteiger partial charge in [0.25, 0.3) is 0 Å². The average Bonchev–Trinajstić information content (AvgIpc) is 2.91. The standard InChI is InChI=1S/C12H21N3S/c1-2-6-15(7-11-4-3-5-13-11)8-12-9-16-10-14-12/h9-11,13H,2-8H2,1H3. The Hall–Kier alpha value is -0.450. The maximum atomic E-state index is 4.37. The Kier molecular flexibility index (Phi) is 4.75. The third kappa shape index (κ3) is 3.54. The highest BCUT2D eigenvalue weighted by molar-refractivity contribution is 7.07. The summed E-state index contributed by atoms with van der Waals surface area (Å²) in [6.07, 6.45) is 3.88. The van der Waals surface area contributed by atoms with Crippen molar-refractivity contribution in [2.45, 2.75) is 38.8 Å². The van der Waals surface area contributed by atoms with Crippen LogP contribution in [0, 0.1) is 0 Å². The Morgan fingerprint density at radius 1 is 1.62 bits per heavy atom. The molecule has 2 rings (SSSR count). The normalized spacial score (nSPS) is 20.8. The molecule has 4 heteroatoms. The SMILES string of the molecule is CCCN(Cc1cscn1)CC1CCCN1. The van der Waals surface area contributed by atoms with E-state index in [0.29, 0.717) is 6.04 Å². The Bertz CT molecular complexity index is 280. The van der Waals surface area contributed by atoms with E-state index in [1.165, 1.54) is 44.6 Å². The van der Waals surface area contributed by atoms with Crippen LogP contribution in [0.4, 0.5) is 0 Å². The van der Waals surface area contributed by atoms with Crippen molar-refractivity contribution in [1.29, 1.82) is 0 Å². The first kappa shape index (κ1) is 12.0. The Morgan fingerprint density at radius 2 is 2.56 bits per heavy atom. The summed E-state index contributed by atoms with van der Waals surface area (Å²) >= 11 is 1.69. The summed E-state index contributed by atoms with van der Waals surface area (Å²) in [5.74, 6) is 0. The minimum Gasteiger partial charge on any atom is -0.313 e. The van der Waals surface area contributed by atoms with Crippen molar-refractivity contribution in [1.82, 2.24) is 15.2 Å². The van der Waals surface area contributed by atoms with Gasteiger partial charge in [0, 0.05) is 24.5 Å². The Morgan fingerprint density at radius 3 is 3.19 bits per heavy atom. The van der Waals surface area contributed by atoms with E-state index in [2.05, 4.69) is 27.5 Å². The molecular weight excluding hydrogens is 218 g/mol. The highest BCUT2D eigenvalue weighted by Crippen LogP contribution is 2.11. The molecule has 1 aliphatic heterocycles. The maximum absolute atomic E-state index is 4.37. The molecule has 90 valence electrons. The molecule has 1 atom stereocenters. The molecule has 3 nitrogen and oxygen atoms in total. The molecule has 16 heavy (non-hydrogen) atoms. The summed E-state index contributed by atoms with van der Waals surface area (Å²) in [7, 11) is 0. The van der Waals surface area contributed by atoms with E-state index < -0.39 is 0 Å². The van der Waals surface area contributed by atoms with E-state index in [-0.39, 0.29) is 0 Å². The fourth-order valence-corrected chi connectivity index (χ4v) is 2.87. The third-order valence-corrected chi connectivity index (χ3v) is 3.69. The molecule has 1 saturated heterocycles. The van der Waals surface area contributed by atoms with Crippen LogP contribution in [0.1, 0.15) is 31.9 Å². The van der Waals surface area contributed by atoms with Gasteiger partial charge in [0.2, 0.25) is 0 Å². The van der Waals surface area contributed by atoms with Crippen molar-refractivity contribution in [2.75, 3.05) is 19.6 Å². The second-order valence-electron chi connectivity index (χ2n) is 4.51. The monoisotopic (exact) mass is 239 g/mol. The fraction of sp³-hybridized carbons (Fsp3) is 0.750. The summed E-state index contributed by atoms with van der Waals surface area (Å²) in [5.41, 5.74) is 3.14. The van der Waals surface area contributed by atoms with Gasteiger partial charge in [-0.15, -0.1) is 11.3 Å². The minimum absolute atomic E-state index is 0.699. The van der Waals surface area contributed by atoms with Gasteiger partial charge in [-0.2, -0.15) is 0 Å². The van der Waals surface area contributed by atoms with Gasteiger partial charge in [-0.25, -0.2) is 4.98 Å². The second-order valence-corrected chi connectivity index (χ2v) is 5.23. The summed E-state index contributed by atoms with van der Waals surface area (Å²) in [5, 5.41) is 5.72. The zero-order chi connectivity index (χ0) is 11.2. The predicted octanol–water partition coefficient (Wildman–Crippen LogP) is 2.11. The maximum Gasteiger partial charge on any atom is 0.0795 e. The second kappa shape index (κ2) is 6.33. The lowest BCUT2D eigenvalue weighted by molar-refractivity contribution is 0.239. The first-order chi connectivity index (χ1) is 7.88. The topological polar surface area (TPSA) is 28.2 Å². The van der Waals surface area contributed by atoms with Gasteiger partial charge in [0.1, 0.15) is 0 Å². The van der Waals surface area contributed by atoms with Gasteiger partial charge < -0.3 is 5.32 Å². The number of thiazole rings is 1. The highest BCUT2D eigenvalue weighted by Gasteiger charge is 2.17. The third-order valence-electron chi connectivity index (χ3n) is 3.05. The molecule has 0 bridgehead atoms. The molecule has 2 heterocycles. The van der Waals surface area contributed by atoms with Crippen LogP contribution in [-0.4, -0.2) is 35.6 Å². The quantitative estimate of drug-likeness (QED) is 0.824. The summed E-state index contributed by atoms with van der Waals surface area (Å²) < 4.78 is 0. The molecule has 1 aromatic heterocycles. The van der Waals surface area contributed by atoms with Crippen molar-refractivity contribution < 1.29 is 0 Å². The number of nitrogens with zero attached hydrogens (tertiary/aromatic N) is 2.